The molecule has 0 amide bonds. The summed E-state index contributed by atoms with van der Waals surface area (Å²) in [6, 6.07) is 8.94. The summed E-state index contributed by atoms with van der Waals surface area (Å²) >= 11 is 1.89. The molecule has 0 aliphatic rings. The van der Waals surface area contributed by atoms with E-state index in [1.54, 1.807) is 7.11 Å². The summed E-state index contributed by atoms with van der Waals surface area (Å²) < 4.78 is 5.15. The van der Waals surface area contributed by atoms with Crippen LogP contribution in [0.4, 0.5) is 0 Å². The van der Waals surface area contributed by atoms with E-state index in [9.17, 15) is 0 Å². The monoisotopic (exact) mass is 253 g/mol. The Balaban J connectivity index is 2.24. The van der Waals surface area contributed by atoms with E-state index >= 15 is 0 Å². The van der Waals surface area contributed by atoms with E-state index in [2.05, 4.69) is 30.6 Å². The zero-order chi connectivity index (χ0) is 12.5. The Kier molecular flexibility index (Phi) is 7.13. The Hall–Kier alpha value is -0.670. The standard InChI is InChI=1S/C14H23NOS/c1-12(15-10-11-17-3)4-5-13-6-8-14(16-2)9-7-13/h6-9,12,15H,4-5,10-11H2,1-3H3. The molecule has 0 radical (unpaired) electrons. The van der Waals surface area contributed by atoms with Crippen LogP contribution in [0.15, 0.2) is 24.3 Å². The Bertz CT molecular complexity index is 300. The van der Waals surface area contributed by atoms with Crippen molar-refractivity contribution in [1.82, 2.24) is 5.32 Å². The van der Waals surface area contributed by atoms with Gasteiger partial charge < -0.3 is 10.1 Å². The van der Waals surface area contributed by atoms with E-state index < -0.39 is 0 Å². The lowest BCUT2D eigenvalue weighted by Crippen LogP contribution is -2.28. The van der Waals surface area contributed by atoms with E-state index in [1.165, 1.54) is 17.7 Å². The van der Waals surface area contributed by atoms with Crippen LogP contribution in [-0.2, 0) is 6.42 Å². The summed E-state index contributed by atoms with van der Waals surface area (Å²) in [5.41, 5.74) is 1.38. The summed E-state index contributed by atoms with van der Waals surface area (Å²) in [6.45, 7) is 3.36. The molecular formula is C14H23NOS. The van der Waals surface area contributed by atoms with Crippen molar-refractivity contribution >= 4 is 11.8 Å². The van der Waals surface area contributed by atoms with E-state index in [1.807, 2.05) is 23.9 Å². The lowest BCUT2D eigenvalue weighted by molar-refractivity contribution is 0.414. The predicted molar refractivity (Wildman–Crippen MR) is 77.2 cm³/mol. The van der Waals surface area contributed by atoms with Crippen molar-refractivity contribution in [2.75, 3.05) is 25.7 Å². The second kappa shape index (κ2) is 8.43. The first-order valence-electron chi connectivity index (χ1n) is 6.11. The lowest BCUT2D eigenvalue weighted by atomic mass is 10.1. The molecule has 0 bridgehead atoms. The van der Waals surface area contributed by atoms with Crippen molar-refractivity contribution in [1.29, 1.82) is 0 Å². The Morgan fingerprint density at radius 3 is 2.59 bits per heavy atom. The molecule has 17 heavy (non-hydrogen) atoms. The van der Waals surface area contributed by atoms with Gasteiger partial charge in [-0.15, -0.1) is 0 Å². The molecular weight excluding hydrogens is 230 g/mol. The number of hydrogen-bond acceptors (Lipinski definition) is 3. The smallest absolute Gasteiger partial charge is 0.118 e. The molecule has 0 aliphatic heterocycles. The Morgan fingerprint density at radius 2 is 2.00 bits per heavy atom. The average Bonchev–Trinajstić information content (AvgIpc) is 2.37. The molecule has 2 nitrogen and oxygen atoms in total. The van der Waals surface area contributed by atoms with Crippen molar-refractivity contribution in [3.8, 4) is 5.75 Å². The number of benzene rings is 1. The van der Waals surface area contributed by atoms with Crippen LogP contribution in [0.1, 0.15) is 18.9 Å². The third kappa shape index (κ3) is 5.99. The maximum Gasteiger partial charge on any atom is 0.118 e. The molecule has 0 saturated heterocycles. The minimum absolute atomic E-state index is 0.587. The van der Waals surface area contributed by atoms with Crippen molar-refractivity contribution < 1.29 is 4.74 Å². The molecule has 1 atom stereocenters. The molecule has 1 rings (SSSR count). The summed E-state index contributed by atoms with van der Waals surface area (Å²) in [7, 11) is 1.70. The van der Waals surface area contributed by atoms with Crippen LogP contribution in [0, 0.1) is 0 Å². The fourth-order valence-electron chi connectivity index (χ4n) is 1.68. The Morgan fingerprint density at radius 1 is 1.29 bits per heavy atom. The summed E-state index contributed by atoms with van der Waals surface area (Å²) in [4.78, 5) is 0. The quantitative estimate of drug-likeness (QED) is 0.720. The normalized spacial score (nSPS) is 12.4. The molecule has 1 aromatic carbocycles. The average molecular weight is 253 g/mol. The van der Waals surface area contributed by atoms with E-state index in [4.69, 9.17) is 4.74 Å². The fraction of sp³-hybridized carbons (Fsp3) is 0.571. The van der Waals surface area contributed by atoms with Crippen LogP contribution in [0.25, 0.3) is 0 Å². The lowest BCUT2D eigenvalue weighted by Gasteiger charge is -2.13. The van der Waals surface area contributed by atoms with Gasteiger partial charge in [0, 0.05) is 18.3 Å². The fourth-order valence-corrected chi connectivity index (χ4v) is 2.01. The molecule has 1 aromatic rings. The number of methoxy groups -OCH3 is 1. The van der Waals surface area contributed by atoms with Gasteiger partial charge in [0.05, 0.1) is 7.11 Å². The van der Waals surface area contributed by atoms with Crippen molar-refractivity contribution in [2.24, 2.45) is 0 Å². The van der Waals surface area contributed by atoms with E-state index in [-0.39, 0.29) is 0 Å². The van der Waals surface area contributed by atoms with Gasteiger partial charge >= 0.3 is 0 Å². The molecule has 96 valence electrons. The third-order valence-corrected chi connectivity index (χ3v) is 3.44. The number of ether oxygens (including phenoxy) is 1. The highest BCUT2D eigenvalue weighted by Crippen LogP contribution is 2.13. The second-order valence-electron chi connectivity index (χ2n) is 4.23. The van der Waals surface area contributed by atoms with Gasteiger partial charge in [0.1, 0.15) is 5.75 Å². The first-order chi connectivity index (χ1) is 8.26. The number of hydrogen-bond donors (Lipinski definition) is 1. The Labute approximate surface area is 109 Å². The first-order valence-corrected chi connectivity index (χ1v) is 7.51. The van der Waals surface area contributed by atoms with Gasteiger partial charge in [-0.25, -0.2) is 0 Å². The van der Waals surface area contributed by atoms with Crippen molar-refractivity contribution in [2.45, 2.75) is 25.8 Å². The molecule has 0 spiro atoms. The van der Waals surface area contributed by atoms with Gasteiger partial charge in [0.25, 0.3) is 0 Å². The van der Waals surface area contributed by atoms with Crippen LogP contribution >= 0.6 is 11.8 Å². The van der Waals surface area contributed by atoms with Gasteiger partial charge in [-0.3, -0.25) is 0 Å². The molecule has 0 fully saturated rings. The van der Waals surface area contributed by atoms with Crippen LogP contribution in [0.3, 0.4) is 0 Å². The molecule has 3 heteroatoms. The van der Waals surface area contributed by atoms with Crippen molar-refractivity contribution in [3.05, 3.63) is 29.8 Å². The highest BCUT2D eigenvalue weighted by molar-refractivity contribution is 7.98. The third-order valence-electron chi connectivity index (χ3n) is 2.82. The largest absolute Gasteiger partial charge is 0.497 e. The molecule has 1 N–H and O–H groups in total. The molecule has 0 aromatic heterocycles. The highest BCUT2D eigenvalue weighted by atomic mass is 32.2. The molecule has 0 saturated carbocycles. The van der Waals surface area contributed by atoms with Gasteiger partial charge in [-0.1, -0.05) is 12.1 Å². The molecule has 1 unspecified atom stereocenters. The van der Waals surface area contributed by atoms with Crippen LogP contribution in [0.5, 0.6) is 5.75 Å². The van der Waals surface area contributed by atoms with E-state index in [0.717, 1.165) is 18.7 Å². The highest BCUT2D eigenvalue weighted by Gasteiger charge is 2.01. The number of aryl methyl sites for hydroxylation is 1. The molecule has 0 aliphatic carbocycles. The second-order valence-corrected chi connectivity index (χ2v) is 5.22. The maximum absolute atomic E-state index is 5.15. The first kappa shape index (κ1) is 14.4. The van der Waals surface area contributed by atoms with Crippen LogP contribution < -0.4 is 10.1 Å². The van der Waals surface area contributed by atoms with Gasteiger partial charge in [-0.2, -0.15) is 11.8 Å². The molecule has 0 heterocycles. The summed E-state index contributed by atoms with van der Waals surface area (Å²) in [5.74, 6) is 2.12. The van der Waals surface area contributed by atoms with Crippen molar-refractivity contribution in [3.63, 3.8) is 0 Å². The SMILES string of the molecule is COc1ccc(CCC(C)NCCSC)cc1. The van der Waals surface area contributed by atoms with Gasteiger partial charge in [0.2, 0.25) is 0 Å². The minimum Gasteiger partial charge on any atom is -0.497 e. The number of nitrogens with one attached hydrogen (secondary N) is 1. The minimum atomic E-state index is 0.587. The summed E-state index contributed by atoms with van der Waals surface area (Å²) in [6.07, 6.45) is 4.45. The van der Waals surface area contributed by atoms with Crippen LogP contribution in [0.2, 0.25) is 0 Å². The van der Waals surface area contributed by atoms with Gasteiger partial charge in [0.15, 0.2) is 0 Å². The zero-order valence-corrected chi connectivity index (χ0v) is 11.8. The summed E-state index contributed by atoms with van der Waals surface area (Å²) in [5, 5.41) is 3.53. The number of thioether (sulfide) groups is 1. The zero-order valence-electron chi connectivity index (χ0n) is 11.0. The topological polar surface area (TPSA) is 21.3 Å². The van der Waals surface area contributed by atoms with E-state index in [0.29, 0.717) is 6.04 Å². The number of rotatable bonds is 8. The van der Waals surface area contributed by atoms with Crippen LogP contribution in [-0.4, -0.2) is 31.7 Å². The predicted octanol–water partition coefficient (Wildman–Crippen LogP) is 2.97. The van der Waals surface area contributed by atoms with Gasteiger partial charge in [-0.05, 0) is 43.7 Å². The maximum atomic E-state index is 5.15.